The first-order chi connectivity index (χ1) is 7.63. The molecule has 0 aliphatic rings. The SMILES string of the molecule is ClC(Cl)CC[SiH2]CCCC[SiH2]CCC(Cl)Cl. The first kappa shape index (κ1) is 17.6. The molecule has 0 aromatic carbocycles. The molecule has 0 fully saturated rings. The summed E-state index contributed by atoms with van der Waals surface area (Å²) in [4.78, 5) is -0.280. The lowest BCUT2D eigenvalue weighted by Crippen LogP contribution is -1.96. The van der Waals surface area contributed by atoms with E-state index >= 15 is 0 Å². The summed E-state index contributed by atoms with van der Waals surface area (Å²) in [5, 5.41) is 0. The predicted molar refractivity (Wildman–Crippen MR) is 85.8 cm³/mol. The smallest absolute Gasteiger partial charge is 0.105 e. The molecular formula is C10H22Cl4Si2. The Kier molecular flexibility index (Phi) is 14.3. The van der Waals surface area contributed by atoms with E-state index in [1.165, 1.54) is 37.0 Å². The molecule has 0 rings (SSSR count). The van der Waals surface area contributed by atoms with Crippen LogP contribution in [0.4, 0.5) is 0 Å². The van der Waals surface area contributed by atoms with E-state index in [0.717, 1.165) is 12.8 Å². The van der Waals surface area contributed by atoms with E-state index in [2.05, 4.69) is 0 Å². The highest BCUT2D eigenvalue weighted by Gasteiger charge is 2.00. The Hall–Kier alpha value is 1.59. The summed E-state index contributed by atoms with van der Waals surface area (Å²) < 4.78 is 0. The largest absolute Gasteiger partial charge is 0.107 e. The van der Waals surface area contributed by atoms with E-state index < -0.39 is 0 Å². The second-order valence-electron chi connectivity index (χ2n) is 4.19. The monoisotopic (exact) mass is 338 g/mol. The lowest BCUT2D eigenvalue weighted by molar-refractivity contribution is 0.861. The zero-order valence-corrected chi connectivity index (χ0v) is 15.6. The van der Waals surface area contributed by atoms with Gasteiger partial charge in [-0.05, 0) is 12.8 Å². The highest BCUT2D eigenvalue weighted by molar-refractivity contribution is 6.45. The number of hydrogen-bond acceptors (Lipinski definition) is 0. The lowest BCUT2D eigenvalue weighted by atomic mass is 10.4. The average Bonchev–Trinajstić information content (AvgIpc) is 2.20. The van der Waals surface area contributed by atoms with Crippen molar-refractivity contribution in [2.45, 2.75) is 59.5 Å². The van der Waals surface area contributed by atoms with E-state index in [1.807, 2.05) is 0 Å². The van der Waals surface area contributed by atoms with E-state index in [0.29, 0.717) is 0 Å². The van der Waals surface area contributed by atoms with Crippen molar-refractivity contribution in [3.05, 3.63) is 0 Å². The molecule has 0 bridgehead atoms. The minimum absolute atomic E-state index is 0.120. The van der Waals surface area contributed by atoms with E-state index in [-0.39, 0.29) is 28.7 Å². The van der Waals surface area contributed by atoms with Crippen molar-refractivity contribution < 1.29 is 0 Å². The predicted octanol–water partition coefficient (Wildman–Crippen LogP) is 4.17. The molecule has 0 saturated heterocycles. The van der Waals surface area contributed by atoms with Crippen molar-refractivity contribution in [2.75, 3.05) is 0 Å². The molecule has 16 heavy (non-hydrogen) atoms. The molecule has 6 heteroatoms. The second kappa shape index (κ2) is 13.0. The van der Waals surface area contributed by atoms with Crippen LogP contribution in [0.3, 0.4) is 0 Å². The highest BCUT2D eigenvalue weighted by atomic mass is 35.5. The van der Waals surface area contributed by atoms with Gasteiger partial charge in [0.25, 0.3) is 0 Å². The van der Waals surface area contributed by atoms with Crippen LogP contribution in [0.25, 0.3) is 0 Å². The average molecular weight is 340 g/mol. The molecule has 0 heterocycles. The Bertz CT molecular complexity index is 129. The van der Waals surface area contributed by atoms with Crippen LogP contribution in [0.5, 0.6) is 0 Å². The maximum atomic E-state index is 5.67. The van der Waals surface area contributed by atoms with Gasteiger partial charge in [0.05, 0.1) is 0 Å². The molecule has 0 aromatic rings. The fourth-order valence-corrected chi connectivity index (χ4v) is 6.83. The van der Waals surface area contributed by atoms with Gasteiger partial charge in [0.1, 0.15) is 9.67 Å². The number of rotatable bonds is 11. The molecule has 0 unspecified atom stereocenters. The number of alkyl halides is 4. The molecule has 0 aromatic heterocycles. The van der Waals surface area contributed by atoms with Gasteiger partial charge in [-0.1, -0.05) is 37.0 Å². The van der Waals surface area contributed by atoms with Crippen molar-refractivity contribution >= 4 is 65.4 Å². The summed E-state index contributed by atoms with van der Waals surface area (Å²) in [6.45, 7) is 0. The van der Waals surface area contributed by atoms with Crippen LogP contribution in [-0.4, -0.2) is 28.7 Å². The summed E-state index contributed by atoms with van der Waals surface area (Å²) >= 11 is 22.7. The van der Waals surface area contributed by atoms with E-state index in [4.69, 9.17) is 46.4 Å². The van der Waals surface area contributed by atoms with Gasteiger partial charge in [-0.25, -0.2) is 0 Å². The van der Waals surface area contributed by atoms with Crippen molar-refractivity contribution in [1.29, 1.82) is 0 Å². The normalized spacial score (nSPS) is 13.1. The summed E-state index contributed by atoms with van der Waals surface area (Å²) in [6, 6.07) is 5.52. The van der Waals surface area contributed by atoms with Gasteiger partial charge in [-0.3, -0.25) is 0 Å². The molecule has 0 N–H and O–H groups in total. The maximum Gasteiger partial charge on any atom is 0.107 e. The second-order valence-corrected chi connectivity index (χ2v) is 11.0. The van der Waals surface area contributed by atoms with Crippen LogP contribution < -0.4 is 0 Å². The fourth-order valence-electron chi connectivity index (χ4n) is 1.66. The number of halogens is 4. The van der Waals surface area contributed by atoms with Crippen molar-refractivity contribution in [3.8, 4) is 0 Å². The number of unbranched alkanes of at least 4 members (excludes halogenated alkanes) is 1. The third-order valence-corrected chi connectivity index (χ3v) is 7.28. The minimum atomic E-state index is -0.140. The molecule has 0 atom stereocenters. The zero-order valence-electron chi connectivity index (χ0n) is 9.74. The van der Waals surface area contributed by atoms with Crippen LogP contribution in [-0.2, 0) is 0 Å². The van der Waals surface area contributed by atoms with Gasteiger partial charge in [0.15, 0.2) is 0 Å². The third-order valence-electron chi connectivity index (χ3n) is 2.59. The van der Waals surface area contributed by atoms with Crippen LogP contribution in [0, 0.1) is 0 Å². The van der Waals surface area contributed by atoms with Crippen LogP contribution in [0.1, 0.15) is 25.7 Å². The third kappa shape index (κ3) is 15.6. The fraction of sp³-hybridized carbons (Fsp3) is 1.00. The molecule has 0 nitrogen and oxygen atoms in total. The van der Waals surface area contributed by atoms with Gasteiger partial charge < -0.3 is 0 Å². The molecule has 0 spiro atoms. The number of hydrogen-bond donors (Lipinski definition) is 0. The van der Waals surface area contributed by atoms with Crippen LogP contribution >= 0.6 is 46.4 Å². The Labute approximate surface area is 124 Å². The van der Waals surface area contributed by atoms with Gasteiger partial charge >= 0.3 is 0 Å². The van der Waals surface area contributed by atoms with Gasteiger partial charge in [-0.15, -0.1) is 46.4 Å². The van der Waals surface area contributed by atoms with E-state index in [1.54, 1.807) is 0 Å². The topological polar surface area (TPSA) is 0 Å². The van der Waals surface area contributed by atoms with Crippen LogP contribution in [0.15, 0.2) is 0 Å². The molecule has 98 valence electrons. The Morgan fingerprint density at radius 2 is 1.00 bits per heavy atom. The van der Waals surface area contributed by atoms with Gasteiger partial charge in [-0.2, -0.15) is 0 Å². The highest BCUT2D eigenvalue weighted by Crippen LogP contribution is 2.12. The lowest BCUT2D eigenvalue weighted by Gasteiger charge is -2.02. The van der Waals surface area contributed by atoms with Gasteiger partial charge in [0.2, 0.25) is 0 Å². The minimum Gasteiger partial charge on any atom is -0.105 e. The molecule has 0 aliphatic carbocycles. The molecule has 0 aliphatic heterocycles. The maximum absolute atomic E-state index is 5.67. The summed E-state index contributed by atoms with van der Waals surface area (Å²) in [5.41, 5.74) is 0. The molecule has 0 radical (unpaired) electrons. The quantitative estimate of drug-likeness (QED) is 0.301. The van der Waals surface area contributed by atoms with E-state index in [9.17, 15) is 0 Å². The van der Waals surface area contributed by atoms with Gasteiger partial charge in [0, 0.05) is 19.0 Å². The molecule has 0 saturated carbocycles. The Morgan fingerprint density at radius 1 is 0.625 bits per heavy atom. The Morgan fingerprint density at radius 3 is 1.31 bits per heavy atom. The Balaban J connectivity index is 2.93. The molecular weight excluding hydrogens is 318 g/mol. The first-order valence-corrected chi connectivity index (χ1v) is 11.9. The zero-order chi connectivity index (χ0) is 12.2. The van der Waals surface area contributed by atoms with Crippen molar-refractivity contribution in [1.82, 2.24) is 0 Å². The summed E-state index contributed by atoms with van der Waals surface area (Å²) in [5.74, 6) is 0. The first-order valence-electron chi connectivity index (χ1n) is 6.19. The summed E-state index contributed by atoms with van der Waals surface area (Å²) in [7, 11) is 0.241. The standard InChI is InChI=1S/C10H22Cl4Si2/c11-9(12)3-7-15-5-1-2-6-16-8-4-10(13)14/h9-10H,1-8,15-16H2. The molecule has 0 amide bonds. The van der Waals surface area contributed by atoms with Crippen LogP contribution in [0.2, 0.25) is 24.2 Å². The van der Waals surface area contributed by atoms with Crippen molar-refractivity contribution in [2.24, 2.45) is 0 Å². The summed E-state index contributed by atoms with van der Waals surface area (Å²) in [6.07, 6.45) is 4.83. The van der Waals surface area contributed by atoms with Crippen molar-refractivity contribution in [3.63, 3.8) is 0 Å².